The first-order valence-corrected chi connectivity index (χ1v) is 6.66. The van der Waals surface area contributed by atoms with Crippen molar-refractivity contribution in [3.05, 3.63) is 24.3 Å². The van der Waals surface area contributed by atoms with Crippen LogP contribution in [0.1, 0.15) is 33.6 Å². The minimum atomic E-state index is -0.0440. The van der Waals surface area contributed by atoms with Crippen LogP contribution in [-0.2, 0) is 4.79 Å². The van der Waals surface area contributed by atoms with E-state index in [1.807, 2.05) is 18.2 Å². The fraction of sp³-hybridized carbons (Fsp3) is 0.533. The van der Waals surface area contributed by atoms with Crippen LogP contribution >= 0.6 is 0 Å². The molecule has 0 saturated carbocycles. The molecule has 4 nitrogen and oxygen atoms in total. The van der Waals surface area contributed by atoms with E-state index in [4.69, 9.17) is 4.74 Å². The van der Waals surface area contributed by atoms with E-state index in [9.17, 15) is 4.79 Å². The highest BCUT2D eigenvalue weighted by Crippen LogP contribution is 2.16. The number of carbonyl (C=O) groups is 1. The molecule has 106 valence electrons. The molecular weight excluding hydrogens is 240 g/mol. The van der Waals surface area contributed by atoms with Crippen LogP contribution in [0.4, 0.5) is 5.69 Å². The number of hydrogen-bond donors (Lipinski definition) is 2. The summed E-state index contributed by atoms with van der Waals surface area (Å²) < 4.78 is 5.12. The summed E-state index contributed by atoms with van der Waals surface area (Å²) in [6, 6.07) is 7.34. The zero-order valence-electron chi connectivity index (χ0n) is 12.2. The van der Waals surface area contributed by atoms with Crippen molar-refractivity contribution >= 4 is 11.6 Å². The van der Waals surface area contributed by atoms with Crippen molar-refractivity contribution < 1.29 is 9.53 Å². The van der Waals surface area contributed by atoms with Gasteiger partial charge in [0.1, 0.15) is 5.75 Å². The van der Waals surface area contributed by atoms with Crippen molar-refractivity contribution in [1.82, 2.24) is 5.32 Å². The van der Waals surface area contributed by atoms with Gasteiger partial charge in [-0.25, -0.2) is 0 Å². The van der Waals surface area contributed by atoms with Crippen molar-refractivity contribution in [3.8, 4) is 5.75 Å². The standard InChI is InChI=1S/C15H24N2O2/c1-5-9-15(2,3)16-11-14(18)17-12-7-6-8-13(10-12)19-4/h6-8,10,16H,5,9,11H2,1-4H3,(H,17,18). The number of ether oxygens (including phenoxy) is 1. The van der Waals surface area contributed by atoms with Gasteiger partial charge in [-0.1, -0.05) is 19.4 Å². The van der Waals surface area contributed by atoms with Gasteiger partial charge in [0.05, 0.1) is 13.7 Å². The normalized spacial score (nSPS) is 11.2. The Morgan fingerprint density at radius 2 is 2.11 bits per heavy atom. The third kappa shape index (κ3) is 5.75. The number of amides is 1. The summed E-state index contributed by atoms with van der Waals surface area (Å²) in [6.45, 7) is 6.66. The third-order valence-electron chi connectivity index (χ3n) is 2.96. The van der Waals surface area contributed by atoms with Crippen LogP contribution in [0.5, 0.6) is 5.75 Å². The highest BCUT2D eigenvalue weighted by atomic mass is 16.5. The van der Waals surface area contributed by atoms with Crippen LogP contribution in [-0.4, -0.2) is 25.1 Å². The van der Waals surface area contributed by atoms with Crippen molar-refractivity contribution in [1.29, 1.82) is 0 Å². The van der Waals surface area contributed by atoms with Crippen LogP contribution in [0.2, 0.25) is 0 Å². The smallest absolute Gasteiger partial charge is 0.238 e. The maximum absolute atomic E-state index is 11.8. The predicted octanol–water partition coefficient (Wildman–Crippen LogP) is 2.80. The molecule has 4 heteroatoms. The zero-order valence-corrected chi connectivity index (χ0v) is 12.2. The first-order valence-electron chi connectivity index (χ1n) is 6.66. The van der Waals surface area contributed by atoms with Gasteiger partial charge in [0.25, 0.3) is 0 Å². The van der Waals surface area contributed by atoms with Crippen molar-refractivity contribution in [2.24, 2.45) is 0 Å². The maximum Gasteiger partial charge on any atom is 0.238 e. The van der Waals surface area contributed by atoms with Gasteiger partial charge in [0.2, 0.25) is 5.91 Å². The second-order valence-corrected chi connectivity index (χ2v) is 5.27. The Morgan fingerprint density at radius 1 is 1.37 bits per heavy atom. The van der Waals surface area contributed by atoms with Crippen LogP contribution in [0, 0.1) is 0 Å². The molecule has 1 amide bonds. The second kappa shape index (κ2) is 7.14. The summed E-state index contributed by atoms with van der Waals surface area (Å²) in [5, 5.41) is 6.12. The molecule has 0 aliphatic carbocycles. The van der Waals surface area contributed by atoms with E-state index in [2.05, 4.69) is 31.4 Å². The molecule has 0 unspecified atom stereocenters. The summed E-state index contributed by atoms with van der Waals surface area (Å²) in [5.74, 6) is 0.689. The molecule has 0 fully saturated rings. The van der Waals surface area contributed by atoms with Crippen LogP contribution in [0.15, 0.2) is 24.3 Å². The average molecular weight is 264 g/mol. The minimum Gasteiger partial charge on any atom is -0.497 e. The van der Waals surface area contributed by atoms with E-state index in [-0.39, 0.29) is 11.4 Å². The van der Waals surface area contributed by atoms with Crippen molar-refractivity contribution in [2.75, 3.05) is 19.0 Å². The molecule has 0 atom stereocenters. The second-order valence-electron chi connectivity index (χ2n) is 5.27. The number of rotatable bonds is 7. The Kier molecular flexibility index (Phi) is 5.83. The molecule has 0 aromatic heterocycles. The van der Waals surface area contributed by atoms with E-state index < -0.39 is 0 Å². The van der Waals surface area contributed by atoms with Gasteiger partial charge in [-0.05, 0) is 32.4 Å². The molecule has 1 rings (SSSR count). The molecule has 0 spiro atoms. The van der Waals surface area contributed by atoms with Crippen molar-refractivity contribution in [3.63, 3.8) is 0 Å². The first kappa shape index (κ1) is 15.5. The number of benzene rings is 1. The Hall–Kier alpha value is -1.55. The highest BCUT2D eigenvalue weighted by molar-refractivity contribution is 5.92. The van der Waals surface area contributed by atoms with E-state index in [0.29, 0.717) is 6.54 Å². The molecule has 1 aromatic carbocycles. The molecule has 0 saturated heterocycles. The molecule has 19 heavy (non-hydrogen) atoms. The van der Waals surface area contributed by atoms with Gasteiger partial charge in [-0.2, -0.15) is 0 Å². The van der Waals surface area contributed by atoms with Gasteiger partial charge >= 0.3 is 0 Å². The number of carbonyl (C=O) groups excluding carboxylic acids is 1. The number of hydrogen-bond acceptors (Lipinski definition) is 3. The monoisotopic (exact) mass is 264 g/mol. The Morgan fingerprint density at radius 3 is 2.74 bits per heavy atom. The summed E-state index contributed by atoms with van der Waals surface area (Å²) in [5.41, 5.74) is 0.736. The van der Waals surface area contributed by atoms with E-state index >= 15 is 0 Å². The van der Waals surface area contributed by atoms with Crippen LogP contribution < -0.4 is 15.4 Å². The van der Waals surface area contributed by atoms with E-state index in [0.717, 1.165) is 24.3 Å². The van der Waals surface area contributed by atoms with Gasteiger partial charge in [0.15, 0.2) is 0 Å². The van der Waals surface area contributed by atoms with Crippen molar-refractivity contribution in [2.45, 2.75) is 39.2 Å². The average Bonchev–Trinajstić information content (AvgIpc) is 2.37. The van der Waals surface area contributed by atoms with Crippen LogP contribution in [0.25, 0.3) is 0 Å². The summed E-state index contributed by atoms with van der Waals surface area (Å²) in [4.78, 5) is 11.8. The van der Waals surface area contributed by atoms with Gasteiger partial charge < -0.3 is 15.4 Å². The van der Waals surface area contributed by atoms with Gasteiger partial charge in [0, 0.05) is 17.3 Å². The summed E-state index contributed by atoms with van der Waals surface area (Å²) >= 11 is 0. The summed E-state index contributed by atoms with van der Waals surface area (Å²) in [6.07, 6.45) is 2.14. The molecule has 0 heterocycles. The topological polar surface area (TPSA) is 50.4 Å². The first-order chi connectivity index (χ1) is 8.96. The third-order valence-corrected chi connectivity index (χ3v) is 2.96. The molecule has 0 aliphatic heterocycles. The minimum absolute atomic E-state index is 0.0134. The lowest BCUT2D eigenvalue weighted by molar-refractivity contribution is -0.115. The van der Waals surface area contributed by atoms with Gasteiger partial charge in [-0.15, -0.1) is 0 Å². The Balaban J connectivity index is 2.46. The largest absolute Gasteiger partial charge is 0.497 e. The van der Waals surface area contributed by atoms with Gasteiger partial charge in [-0.3, -0.25) is 4.79 Å². The number of methoxy groups -OCH3 is 1. The number of nitrogens with one attached hydrogen (secondary N) is 2. The Bertz CT molecular complexity index is 416. The van der Waals surface area contributed by atoms with Crippen LogP contribution in [0.3, 0.4) is 0 Å². The number of anilines is 1. The molecule has 0 aliphatic rings. The lowest BCUT2D eigenvalue weighted by Gasteiger charge is -2.25. The van der Waals surface area contributed by atoms with E-state index in [1.165, 1.54) is 0 Å². The lowest BCUT2D eigenvalue weighted by Crippen LogP contribution is -2.43. The molecule has 1 aromatic rings. The fourth-order valence-corrected chi connectivity index (χ4v) is 1.94. The Labute approximate surface area is 115 Å². The quantitative estimate of drug-likeness (QED) is 0.796. The molecular formula is C15H24N2O2. The molecule has 0 radical (unpaired) electrons. The highest BCUT2D eigenvalue weighted by Gasteiger charge is 2.16. The SMILES string of the molecule is CCCC(C)(C)NCC(=O)Nc1cccc(OC)c1. The fourth-order valence-electron chi connectivity index (χ4n) is 1.94. The zero-order chi connectivity index (χ0) is 14.3. The molecule has 0 bridgehead atoms. The summed E-state index contributed by atoms with van der Waals surface area (Å²) in [7, 11) is 1.61. The predicted molar refractivity (Wildman–Crippen MR) is 78.6 cm³/mol. The lowest BCUT2D eigenvalue weighted by atomic mass is 9.99. The maximum atomic E-state index is 11.8. The van der Waals surface area contributed by atoms with E-state index in [1.54, 1.807) is 13.2 Å². The molecule has 2 N–H and O–H groups in total.